The summed E-state index contributed by atoms with van der Waals surface area (Å²) in [6.07, 6.45) is 19.0. The van der Waals surface area contributed by atoms with Crippen molar-refractivity contribution in [3.05, 3.63) is 12.2 Å². The summed E-state index contributed by atoms with van der Waals surface area (Å²) in [7, 11) is 0. The van der Waals surface area contributed by atoms with E-state index in [2.05, 4.69) is 26.0 Å². The molecule has 0 aliphatic carbocycles. The summed E-state index contributed by atoms with van der Waals surface area (Å²) in [6.45, 7) is 4.47. The Labute approximate surface area is 131 Å². The SMILES string of the molecule is CCCCC/C=C\CCSC(=O)CCCCCCCC. The summed E-state index contributed by atoms with van der Waals surface area (Å²) in [5, 5.41) is 0.389. The van der Waals surface area contributed by atoms with Crippen molar-refractivity contribution in [3.63, 3.8) is 0 Å². The molecule has 0 N–H and O–H groups in total. The monoisotopic (exact) mass is 298 g/mol. The number of hydrogen-bond donors (Lipinski definition) is 0. The van der Waals surface area contributed by atoms with E-state index in [9.17, 15) is 4.79 Å². The molecule has 0 fully saturated rings. The molecule has 0 amide bonds. The summed E-state index contributed by atoms with van der Waals surface area (Å²) in [5.74, 6) is 0.957. The van der Waals surface area contributed by atoms with Gasteiger partial charge in [-0.1, -0.05) is 82.7 Å². The molecule has 0 unspecified atom stereocenters. The molecule has 0 radical (unpaired) electrons. The van der Waals surface area contributed by atoms with E-state index in [4.69, 9.17) is 0 Å². The van der Waals surface area contributed by atoms with Crippen molar-refractivity contribution in [1.82, 2.24) is 0 Å². The van der Waals surface area contributed by atoms with E-state index in [0.29, 0.717) is 5.12 Å². The van der Waals surface area contributed by atoms with E-state index in [-0.39, 0.29) is 0 Å². The van der Waals surface area contributed by atoms with Gasteiger partial charge in [0.05, 0.1) is 0 Å². The first-order valence-electron chi connectivity index (χ1n) is 8.61. The third-order valence-electron chi connectivity index (χ3n) is 3.42. The van der Waals surface area contributed by atoms with Gasteiger partial charge in [-0.25, -0.2) is 0 Å². The Morgan fingerprint density at radius 1 is 0.800 bits per heavy atom. The maximum atomic E-state index is 11.6. The summed E-state index contributed by atoms with van der Waals surface area (Å²) < 4.78 is 0. The molecule has 0 atom stereocenters. The second-order valence-corrected chi connectivity index (χ2v) is 6.65. The van der Waals surface area contributed by atoms with Gasteiger partial charge in [-0.05, 0) is 25.7 Å². The fourth-order valence-corrected chi connectivity index (χ4v) is 2.88. The van der Waals surface area contributed by atoms with E-state index in [0.717, 1.165) is 25.0 Å². The van der Waals surface area contributed by atoms with Crippen molar-refractivity contribution in [2.24, 2.45) is 0 Å². The van der Waals surface area contributed by atoms with Gasteiger partial charge in [0, 0.05) is 12.2 Å². The van der Waals surface area contributed by atoms with Crippen LogP contribution < -0.4 is 0 Å². The van der Waals surface area contributed by atoms with Crippen LogP contribution in [-0.2, 0) is 4.79 Å². The van der Waals surface area contributed by atoms with Gasteiger partial charge in [0.1, 0.15) is 0 Å². The fourth-order valence-electron chi connectivity index (χ4n) is 2.11. The topological polar surface area (TPSA) is 17.1 Å². The molecular formula is C18H34OS. The smallest absolute Gasteiger partial charge is 0.188 e. The first kappa shape index (κ1) is 19.8. The van der Waals surface area contributed by atoms with Gasteiger partial charge in [0.2, 0.25) is 0 Å². The normalized spacial score (nSPS) is 11.3. The van der Waals surface area contributed by atoms with E-state index in [1.807, 2.05) is 0 Å². The third-order valence-corrected chi connectivity index (χ3v) is 4.39. The van der Waals surface area contributed by atoms with Crippen LogP contribution in [0.2, 0.25) is 0 Å². The van der Waals surface area contributed by atoms with Gasteiger partial charge in [-0.3, -0.25) is 4.79 Å². The Morgan fingerprint density at radius 2 is 1.40 bits per heavy atom. The minimum atomic E-state index is 0.389. The highest BCUT2D eigenvalue weighted by molar-refractivity contribution is 8.13. The first-order chi connectivity index (χ1) is 9.81. The second-order valence-electron chi connectivity index (χ2n) is 5.49. The van der Waals surface area contributed by atoms with Crippen molar-refractivity contribution in [2.75, 3.05) is 5.75 Å². The molecule has 0 rings (SSSR count). The Morgan fingerprint density at radius 3 is 2.15 bits per heavy atom. The number of carbonyl (C=O) groups excluding carboxylic acids is 1. The molecule has 0 spiro atoms. The lowest BCUT2D eigenvalue weighted by Gasteiger charge is -2.00. The predicted octanol–water partition coefficient (Wildman–Crippen LogP) is 6.52. The van der Waals surface area contributed by atoms with Crippen LogP contribution in [0.4, 0.5) is 0 Å². The van der Waals surface area contributed by atoms with Crippen molar-refractivity contribution in [3.8, 4) is 0 Å². The van der Waals surface area contributed by atoms with Crippen LogP contribution in [0.5, 0.6) is 0 Å². The van der Waals surface area contributed by atoms with Gasteiger partial charge in [0.25, 0.3) is 0 Å². The average molecular weight is 299 g/mol. The maximum Gasteiger partial charge on any atom is 0.188 e. The van der Waals surface area contributed by atoms with Crippen molar-refractivity contribution < 1.29 is 4.79 Å². The molecule has 1 nitrogen and oxygen atoms in total. The number of rotatable bonds is 14. The lowest BCUT2D eigenvalue weighted by atomic mass is 10.1. The number of allylic oxidation sites excluding steroid dienone is 2. The van der Waals surface area contributed by atoms with Gasteiger partial charge in [-0.15, -0.1) is 0 Å². The minimum absolute atomic E-state index is 0.389. The van der Waals surface area contributed by atoms with Crippen LogP contribution in [0.15, 0.2) is 12.2 Å². The highest BCUT2D eigenvalue weighted by Crippen LogP contribution is 2.13. The zero-order valence-electron chi connectivity index (χ0n) is 13.7. The largest absolute Gasteiger partial charge is 0.287 e. The maximum absolute atomic E-state index is 11.6. The van der Waals surface area contributed by atoms with E-state index < -0.39 is 0 Å². The molecule has 0 bridgehead atoms. The number of thioether (sulfide) groups is 1. The van der Waals surface area contributed by atoms with Crippen LogP contribution in [0.3, 0.4) is 0 Å². The van der Waals surface area contributed by atoms with Crippen LogP contribution in [0, 0.1) is 0 Å². The molecule has 0 aliphatic rings. The molecule has 0 aromatic heterocycles. The van der Waals surface area contributed by atoms with Gasteiger partial charge in [-0.2, -0.15) is 0 Å². The highest BCUT2D eigenvalue weighted by Gasteiger charge is 2.01. The molecule has 0 saturated heterocycles. The van der Waals surface area contributed by atoms with Crippen LogP contribution >= 0.6 is 11.8 Å². The van der Waals surface area contributed by atoms with Crippen LogP contribution in [-0.4, -0.2) is 10.9 Å². The molecule has 118 valence electrons. The van der Waals surface area contributed by atoms with Gasteiger partial charge < -0.3 is 0 Å². The summed E-state index contributed by atoms with van der Waals surface area (Å²) in [5.41, 5.74) is 0. The highest BCUT2D eigenvalue weighted by atomic mass is 32.2. The summed E-state index contributed by atoms with van der Waals surface area (Å²) in [6, 6.07) is 0. The lowest BCUT2D eigenvalue weighted by Crippen LogP contribution is -1.93. The zero-order valence-corrected chi connectivity index (χ0v) is 14.5. The molecule has 0 aromatic rings. The number of unbranched alkanes of at least 4 members (excludes halogenated alkanes) is 8. The lowest BCUT2D eigenvalue weighted by molar-refractivity contribution is -0.111. The predicted molar refractivity (Wildman–Crippen MR) is 93.4 cm³/mol. The molecule has 0 aromatic carbocycles. The first-order valence-corrected chi connectivity index (χ1v) is 9.60. The number of hydrogen-bond acceptors (Lipinski definition) is 2. The molecule has 20 heavy (non-hydrogen) atoms. The van der Waals surface area contributed by atoms with Crippen LogP contribution in [0.25, 0.3) is 0 Å². The summed E-state index contributed by atoms with van der Waals surface area (Å²) in [4.78, 5) is 11.6. The van der Waals surface area contributed by atoms with E-state index in [1.54, 1.807) is 0 Å². The Kier molecular flexibility index (Phi) is 16.6. The van der Waals surface area contributed by atoms with Gasteiger partial charge in [0.15, 0.2) is 5.12 Å². The van der Waals surface area contributed by atoms with Crippen molar-refractivity contribution in [1.29, 1.82) is 0 Å². The Balaban J connectivity index is 3.24. The summed E-state index contributed by atoms with van der Waals surface area (Å²) >= 11 is 1.52. The van der Waals surface area contributed by atoms with Gasteiger partial charge >= 0.3 is 0 Å². The van der Waals surface area contributed by atoms with Crippen molar-refractivity contribution >= 4 is 16.9 Å². The fraction of sp³-hybridized carbons (Fsp3) is 0.833. The quantitative estimate of drug-likeness (QED) is 0.268. The standard InChI is InChI=1S/C18H34OS/c1-3-5-7-9-11-13-15-17-20-18(19)16-14-12-10-8-6-4-2/h11,13H,3-10,12,14-17H2,1-2H3/b13-11-. The molecule has 0 saturated carbocycles. The molecule has 2 heteroatoms. The Bertz CT molecular complexity index is 236. The molecular weight excluding hydrogens is 264 g/mol. The average Bonchev–Trinajstić information content (AvgIpc) is 2.45. The molecule has 0 heterocycles. The third kappa shape index (κ3) is 15.8. The molecule has 0 aliphatic heterocycles. The second kappa shape index (κ2) is 16.8. The van der Waals surface area contributed by atoms with Crippen molar-refractivity contribution in [2.45, 2.75) is 90.9 Å². The Hall–Kier alpha value is -0.240. The number of carbonyl (C=O) groups is 1. The minimum Gasteiger partial charge on any atom is -0.287 e. The zero-order chi connectivity index (χ0) is 14.9. The van der Waals surface area contributed by atoms with E-state index >= 15 is 0 Å². The van der Waals surface area contributed by atoms with E-state index in [1.165, 1.54) is 69.5 Å². The van der Waals surface area contributed by atoms with Crippen LogP contribution in [0.1, 0.15) is 90.9 Å².